The summed E-state index contributed by atoms with van der Waals surface area (Å²) in [6, 6.07) is -0.793. The fourth-order valence-corrected chi connectivity index (χ4v) is 8.50. The van der Waals surface area contributed by atoms with Crippen LogP contribution in [0.5, 0.6) is 0 Å². The lowest BCUT2D eigenvalue weighted by Crippen LogP contribution is -2.65. The molecule has 0 spiro atoms. The minimum absolute atomic E-state index is 0.000611. The van der Waals surface area contributed by atoms with Crippen LogP contribution in [-0.2, 0) is 18.9 Å². The van der Waals surface area contributed by atoms with E-state index in [1.807, 2.05) is 5.43 Å². The Morgan fingerprint density at radius 3 is 2.36 bits per heavy atom. The fraction of sp³-hybridized carbons (Fsp3) is 0.906. The molecule has 1 aliphatic heterocycles. The standard InChI is InChI=1S/C32H57BN6O6/c1-19(2)16-26(33-44-25-18-22-17-24(31(22,6)7)32(25,8)45-33)37-28(41)23(10-9-15-35-29(34)38-39(42)43)36-27(40)20-11-13-21(14-12-20)30(3,4)5/h19-26H,9-18H2,1-8H3,(H,36,40)(H,37,41)(H3,34,35,38)/t20?,21?,22-,23+,24-,25-,26+,32+/m1/s1. The number of nitrogens with one attached hydrogen (secondary N) is 3. The number of hydrazine groups is 1. The van der Waals surface area contributed by atoms with Crippen molar-refractivity contribution in [3.05, 3.63) is 10.1 Å². The van der Waals surface area contributed by atoms with Crippen LogP contribution in [0, 0.1) is 50.5 Å². The van der Waals surface area contributed by atoms with Crippen molar-refractivity contribution in [2.45, 2.75) is 137 Å². The lowest BCUT2D eigenvalue weighted by atomic mass is 9.43. The van der Waals surface area contributed by atoms with Crippen molar-refractivity contribution in [2.75, 3.05) is 6.54 Å². The first-order valence-corrected chi connectivity index (χ1v) is 17.1. The highest BCUT2D eigenvalue weighted by Gasteiger charge is 2.68. The summed E-state index contributed by atoms with van der Waals surface area (Å²) in [5, 5.41) is 16.1. The highest BCUT2D eigenvalue weighted by atomic mass is 16.7. The van der Waals surface area contributed by atoms with Gasteiger partial charge in [0.25, 0.3) is 5.96 Å². The first kappa shape index (κ1) is 35.4. The number of nitrogens with two attached hydrogens (primary N) is 1. The Morgan fingerprint density at radius 2 is 1.78 bits per heavy atom. The number of nitro groups is 1. The van der Waals surface area contributed by atoms with Crippen molar-refractivity contribution < 1.29 is 23.9 Å². The van der Waals surface area contributed by atoms with Gasteiger partial charge in [0.2, 0.25) is 11.8 Å². The van der Waals surface area contributed by atoms with E-state index in [4.69, 9.17) is 15.0 Å². The van der Waals surface area contributed by atoms with E-state index in [1.165, 1.54) is 0 Å². The molecule has 6 atom stereocenters. The molecule has 13 heteroatoms. The van der Waals surface area contributed by atoms with Crippen LogP contribution in [-0.4, -0.2) is 60.2 Å². The van der Waals surface area contributed by atoms with Gasteiger partial charge in [0.15, 0.2) is 5.03 Å². The van der Waals surface area contributed by atoms with Crippen LogP contribution in [0.4, 0.5) is 0 Å². The van der Waals surface area contributed by atoms with Gasteiger partial charge in [-0.2, -0.15) is 0 Å². The van der Waals surface area contributed by atoms with Crippen LogP contribution in [0.25, 0.3) is 0 Å². The molecule has 254 valence electrons. The molecular formula is C32H57BN6O6. The Morgan fingerprint density at radius 1 is 1.11 bits per heavy atom. The van der Waals surface area contributed by atoms with Gasteiger partial charge >= 0.3 is 7.12 Å². The number of hydrogen-bond donors (Lipinski definition) is 4. The molecule has 0 aromatic rings. The van der Waals surface area contributed by atoms with E-state index in [9.17, 15) is 19.7 Å². The number of aliphatic imine (C=N–C) groups is 1. The second-order valence-electron chi connectivity index (χ2n) is 16.3. The molecule has 0 radical (unpaired) electrons. The topological polar surface area (TPSA) is 170 Å². The van der Waals surface area contributed by atoms with E-state index in [1.54, 1.807) is 0 Å². The van der Waals surface area contributed by atoms with Gasteiger partial charge in [-0.05, 0) is 99.2 Å². The quantitative estimate of drug-likeness (QED) is 0.0625. The maximum absolute atomic E-state index is 13.9. The van der Waals surface area contributed by atoms with Gasteiger partial charge in [0.1, 0.15) is 6.04 Å². The van der Waals surface area contributed by atoms with Gasteiger partial charge in [-0.25, -0.2) is 15.1 Å². The van der Waals surface area contributed by atoms with Gasteiger partial charge in [-0.15, -0.1) is 0 Å². The van der Waals surface area contributed by atoms with Gasteiger partial charge in [0.05, 0.1) is 17.6 Å². The monoisotopic (exact) mass is 632 g/mol. The number of amides is 2. The van der Waals surface area contributed by atoms with Crippen LogP contribution in [0.1, 0.15) is 113 Å². The van der Waals surface area contributed by atoms with Crippen molar-refractivity contribution in [1.82, 2.24) is 16.1 Å². The first-order valence-electron chi connectivity index (χ1n) is 17.1. The van der Waals surface area contributed by atoms with Gasteiger partial charge in [-0.3, -0.25) is 9.59 Å². The summed E-state index contributed by atoms with van der Waals surface area (Å²) in [5.41, 5.74) is 7.42. The molecular weight excluding hydrogens is 575 g/mol. The Hall–Kier alpha value is -2.41. The molecule has 5 aliphatic rings. The number of rotatable bonds is 12. The zero-order valence-electron chi connectivity index (χ0n) is 28.7. The van der Waals surface area contributed by atoms with Gasteiger partial charge < -0.3 is 25.7 Å². The number of nitrogens with zero attached hydrogens (tertiary/aromatic N) is 2. The molecule has 1 heterocycles. The van der Waals surface area contributed by atoms with E-state index >= 15 is 0 Å². The van der Waals surface area contributed by atoms with Crippen molar-refractivity contribution >= 4 is 24.9 Å². The largest absolute Gasteiger partial charge is 0.481 e. The molecule has 4 aliphatic carbocycles. The predicted molar refractivity (Wildman–Crippen MR) is 174 cm³/mol. The number of carbonyl (C=O) groups excluding carboxylic acids is 2. The maximum Gasteiger partial charge on any atom is 0.481 e. The minimum Gasteiger partial charge on any atom is -0.404 e. The molecule has 5 fully saturated rings. The van der Waals surface area contributed by atoms with E-state index < -0.39 is 23.8 Å². The third-order valence-corrected chi connectivity index (χ3v) is 11.4. The summed E-state index contributed by atoms with van der Waals surface area (Å²) >= 11 is 0. The predicted octanol–water partition coefficient (Wildman–Crippen LogP) is 4.00. The van der Waals surface area contributed by atoms with Crippen LogP contribution in [0.15, 0.2) is 4.99 Å². The molecule has 0 aromatic carbocycles. The zero-order valence-corrected chi connectivity index (χ0v) is 28.7. The smallest absolute Gasteiger partial charge is 0.404 e. The normalized spacial score (nSPS) is 32.2. The van der Waals surface area contributed by atoms with Crippen LogP contribution in [0.3, 0.4) is 0 Å². The van der Waals surface area contributed by atoms with Gasteiger partial charge in [0, 0.05) is 12.5 Å². The molecule has 2 amide bonds. The summed E-state index contributed by atoms with van der Waals surface area (Å²) in [6.45, 7) is 18.0. The first-order chi connectivity index (χ1) is 20.9. The average molecular weight is 633 g/mol. The Kier molecular flexibility index (Phi) is 10.8. The molecule has 0 aromatic heterocycles. The molecule has 5 N–H and O–H groups in total. The average Bonchev–Trinajstić information content (AvgIpc) is 3.30. The van der Waals surface area contributed by atoms with E-state index in [0.717, 1.165) is 38.5 Å². The third kappa shape index (κ3) is 8.12. The van der Waals surface area contributed by atoms with Gasteiger partial charge in [-0.1, -0.05) is 53.9 Å². The van der Waals surface area contributed by atoms with Crippen molar-refractivity contribution in [1.29, 1.82) is 0 Å². The number of guanidine groups is 1. The summed E-state index contributed by atoms with van der Waals surface area (Å²) < 4.78 is 13.3. The van der Waals surface area contributed by atoms with Crippen LogP contribution < -0.4 is 21.8 Å². The molecule has 0 unspecified atom stereocenters. The van der Waals surface area contributed by atoms with Crippen molar-refractivity contribution in [3.8, 4) is 0 Å². The second kappa shape index (κ2) is 13.8. The number of hydrogen-bond acceptors (Lipinski definition) is 7. The molecule has 2 bridgehead atoms. The van der Waals surface area contributed by atoms with E-state index in [2.05, 4.69) is 71.0 Å². The second-order valence-corrected chi connectivity index (χ2v) is 16.3. The minimum atomic E-state index is -0.793. The van der Waals surface area contributed by atoms with Crippen molar-refractivity contribution in [2.24, 2.45) is 51.1 Å². The molecule has 45 heavy (non-hydrogen) atoms. The summed E-state index contributed by atoms with van der Waals surface area (Å²) in [7, 11) is -0.567. The summed E-state index contributed by atoms with van der Waals surface area (Å²) in [4.78, 5) is 42.1. The van der Waals surface area contributed by atoms with Crippen LogP contribution >= 0.6 is 0 Å². The summed E-state index contributed by atoms with van der Waals surface area (Å²) in [5.74, 6) is 0.683. The molecule has 4 saturated carbocycles. The Balaban J connectivity index is 1.44. The fourth-order valence-electron chi connectivity index (χ4n) is 8.50. The highest BCUT2D eigenvalue weighted by molar-refractivity contribution is 6.48. The highest BCUT2D eigenvalue weighted by Crippen LogP contribution is 2.65. The van der Waals surface area contributed by atoms with Crippen LogP contribution in [0.2, 0.25) is 0 Å². The lowest BCUT2D eigenvalue weighted by molar-refractivity contribution is -0.525. The van der Waals surface area contributed by atoms with Crippen molar-refractivity contribution in [3.63, 3.8) is 0 Å². The molecule has 5 rings (SSSR count). The SMILES string of the molecule is CC(C)C[C@H](NC(=O)[C@H](CCCN=C(N)N[N+](=O)[O-])NC(=O)C1CCC(C(C)(C)C)CC1)B1O[C@@H]2C[C@H]3C[C@H](C3(C)C)[C@]2(C)O1. The van der Waals surface area contributed by atoms with E-state index in [0.29, 0.717) is 37.0 Å². The third-order valence-electron chi connectivity index (χ3n) is 11.4. The lowest BCUT2D eigenvalue weighted by Gasteiger charge is -2.64. The molecule has 1 saturated heterocycles. The Labute approximate surface area is 269 Å². The number of carbonyl (C=O) groups is 2. The molecule has 12 nitrogen and oxygen atoms in total. The maximum atomic E-state index is 13.9. The summed E-state index contributed by atoms with van der Waals surface area (Å²) in [6.07, 6.45) is 7.06. The zero-order chi connectivity index (χ0) is 33.3. The van der Waals surface area contributed by atoms with E-state index in [-0.39, 0.29) is 59.0 Å². The Bertz CT molecular complexity index is 1120.